The highest BCUT2D eigenvalue weighted by Gasteiger charge is 2.74. The van der Waals surface area contributed by atoms with Crippen LogP contribution in [0.5, 0.6) is 0 Å². The van der Waals surface area contributed by atoms with Crippen molar-refractivity contribution in [3.05, 3.63) is 78.1 Å². The standard InChI is InChI=1S/C22H19F6N3O3S/c1-2-35(33,34)18-10-4-15(5-11-18)14-19(32)30-17-8-6-16(7-9-17)20(21(23,24)25,22(26,27)28)31-13-3-12-29-31/h3-13H,2,14H2,1H3,(H,30,32). The minimum Gasteiger partial charge on any atom is -0.326 e. The van der Waals surface area contributed by atoms with Crippen molar-refractivity contribution in [2.75, 3.05) is 11.1 Å². The summed E-state index contributed by atoms with van der Waals surface area (Å²) in [5.74, 6) is -0.693. The highest BCUT2D eigenvalue weighted by atomic mass is 32.2. The van der Waals surface area contributed by atoms with Gasteiger partial charge < -0.3 is 5.32 Å². The summed E-state index contributed by atoms with van der Waals surface area (Å²) < 4.78 is 107. The fourth-order valence-electron chi connectivity index (χ4n) is 3.51. The number of anilines is 1. The Hall–Kier alpha value is -3.35. The van der Waals surface area contributed by atoms with E-state index in [1.54, 1.807) is 0 Å². The number of alkyl halides is 6. The van der Waals surface area contributed by atoms with Crippen molar-refractivity contribution in [1.82, 2.24) is 9.78 Å². The highest BCUT2D eigenvalue weighted by Crippen LogP contribution is 2.52. The quantitative estimate of drug-likeness (QED) is 0.458. The summed E-state index contributed by atoms with van der Waals surface area (Å²) in [6, 6.07) is 9.64. The molecule has 0 radical (unpaired) electrons. The van der Waals surface area contributed by atoms with Crippen molar-refractivity contribution in [1.29, 1.82) is 0 Å². The molecule has 1 heterocycles. The minimum atomic E-state index is -5.78. The molecule has 1 aromatic heterocycles. The molecule has 13 heteroatoms. The molecule has 6 nitrogen and oxygen atoms in total. The highest BCUT2D eigenvalue weighted by molar-refractivity contribution is 7.91. The van der Waals surface area contributed by atoms with E-state index in [4.69, 9.17) is 0 Å². The molecule has 35 heavy (non-hydrogen) atoms. The number of aromatic nitrogens is 2. The van der Waals surface area contributed by atoms with E-state index >= 15 is 0 Å². The lowest BCUT2D eigenvalue weighted by Crippen LogP contribution is -2.59. The zero-order valence-electron chi connectivity index (χ0n) is 18.1. The van der Waals surface area contributed by atoms with Crippen molar-refractivity contribution in [2.24, 2.45) is 0 Å². The molecule has 0 saturated carbocycles. The van der Waals surface area contributed by atoms with Crippen molar-refractivity contribution in [3.8, 4) is 0 Å². The second-order valence-electron chi connectivity index (χ2n) is 7.51. The van der Waals surface area contributed by atoms with E-state index in [1.165, 1.54) is 31.2 Å². The number of sulfone groups is 1. The number of nitrogens with one attached hydrogen (secondary N) is 1. The van der Waals surface area contributed by atoms with Crippen LogP contribution in [0, 0.1) is 0 Å². The Labute approximate surface area is 196 Å². The van der Waals surface area contributed by atoms with Crippen LogP contribution in [-0.4, -0.2) is 42.2 Å². The van der Waals surface area contributed by atoms with Crippen LogP contribution in [0.2, 0.25) is 0 Å². The Bertz CT molecular complexity index is 1250. The largest absolute Gasteiger partial charge is 0.426 e. The number of halogens is 6. The maximum atomic E-state index is 13.9. The number of amides is 1. The second-order valence-corrected chi connectivity index (χ2v) is 9.78. The van der Waals surface area contributed by atoms with Crippen LogP contribution in [0.1, 0.15) is 18.1 Å². The summed E-state index contributed by atoms with van der Waals surface area (Å²) >= 11 is 0. The van der Waals surface area contributed by atoms with Gasteiger partial charge in [-0.05, 0) is 41.5 Å². The van der Waals surface area contributed by atoms with Crippen LogP contribution in [0.3, 0.4) is 0 Å². The SMILES string of the molecule is CCS(=O)(=O)c1ccc(CC(=O)Nc2ccc(C(n3cccn3)(C(F)(F)F)C(F)(F)F)cc2)cc1. The average Bonchev–Trinajstić information content (AvgIpc) is 3.28. The third kappa shape index (κ3) is 5.04. The van der Waals surface area contributed by atoms with Crippen LogP contribution >= 0.6 is 0 Å². The number of nitrogens with zero attached hydrogens (tertiary/aromatic N) is 2. The summed E-state index contributed by atoms with van der Waals surface area (Å²) in [6.07, 6.45) is -10.4. The van der Waals surface area contributed by atoms with Crippen LogP contribution < -0.4 is 5.32 Å². The molecule has 0 fully saturated rings. The second kappa shape index (κ2) is 9.36. The smallest absolute Gasteiger partial charge is 0.326 e. The summed E-state index contributed by atoms with van der Waals surface area (Å²) in [4.78, 5) is 12.4. The molecule has 0 bridgehead atoms. The zero-order chi connectivity index (χ0) is 26.1. The van der Waals surface area contributed by atoms with Gasteiger partial charge in [0.25, 0.3) is 5.54 Å². The summed E-state index contributed by atoms with van der Waals surface area (Å²) in [6.45, 7) is 1.49. The predicted octanol–water partition coefficient (Wildman–Crippen LogP) is 4.73. The topological polar surface area (TPSA) is 81.1 Å². The first-order chi connectivity index (χ1) is 16.2. The van der Waals surface area contributed by atoms with E-state index in [1.807, 2.05) is 0 Å². The van der Waals surface area contributed by atoms with Gasteiger partial charge in [-0.15, -0.1) is 0 Å². The number of carbonyl (C=O) groups is 1. The first-order valence-electron chi connectivity index (χ1n) is 10.1. The summed E-state index contributed by atoms with van der Waals surface area (Å²) in [7, 11) is -3.41. The average molecular weight is 519 g/mol. The maximum absolute atomic E-state index is 13.9. The van der Waals surface area contributed by atoms with Gasteiger partial charge in [0.05, 0.1) is 17.1 Å². The van der Waals surface area contributed by atoms with Crippen LogP contribution in [-0.2, 0) is 26.6 Å². The Balaban J connectivity index is 1.83. The van der Waals surface area contributed by atoms with Crippen LogP contribution in [0.15, 0.2) is 71.9 Å². The zero-order valence-corrected chi connectivity index (χ0v) is 18.9. The lowest BCUT2D eigenvalue weighted by atomic mass is 9.88. The molecule has 3 rings (SSSR count). The molecular formula is C22H19F6N3O3S. The first kappa shape index (κ1) is 26.3. The number of hydrogen-bond donors (Lipinski definition) is 1. The minimum absolute atomic E-state index is 0.0253. The molecule has 3 aromatic rings. The maximum Gasteiger partial charge on any atom is 0.426 e. The van der Waals surface area contributed by atoms with Crippen molar-refractivity contribution < 1.29 is 39.6 Å². The molecule has 0 aliphatic heterocycles. The normalized spacial score (nSPS) is 13.0. The Morgan fingerprint density at radius 1 is 0.943 bits per heavy atom. The van der Waals surface area contributed by atoms with Gasteiger partial charge in [-0.25, -0.2) is 13.1 Å². The van der Waals surface area contributed by atoms with Crippen molar-refractivity contribution in [2.45, 2.75) is 36.1 Å². The van der Waals surface area contributed by atoms with E-state index in [-0.39, 0.29) is 27.4 Å². The molecular weight excluding hydrogens is 500 g/mol. The molecule has 1 amide bonds. The Morgan fingerprint density at radius 2 is 1.51 bits per heavy atom. The van der Waals surface area contributed by atoms with Crippen LogP contribution in [0.4, 0.5) is 32.0 Å². The van der Waals surface area contributed by atoms with E-state index in [9.17, 15) is 39.6 Å². The molecule has 0 spiro atoms. The van der Waals surface area contributed by atoms with Gasteiger partial charge in [-0.3, -0.25) is 4.79 Å². The van der Waals surface area contributed by atoms with E-state index in [2.05, 4.69) is 10.4 Å². The van der Waals surface area contributed by atoms with Gasteiger partial charge in [0.1, 0.15) is 0 Å². The first-order valence-corrected chi connectivity index (χ1v) is 11.7. The van der Waals surface area contributed by atoms with E-state index in [0.29, 0.717) is 23.9 Å². The molecule has 0 aliphatic rings. The van der Waals surface area contributed by atoms with Gasteiger partial charge in [-0.2, -0.15) is 31.4 Å². The summed E-state index contributed by atoms with van der Waals surface area (Å²) in [5.41, 5.74) is -5.12. The summed E-state index contributed by atoms with van der Waals surface area (Å²) in [5, 5.41) is 5.61. The molecule has 0 atom stereocenters. The Kier molecular flexibility index (Phi) is 7.02. The number of hydrogen-bond acceptors (Lipinski definition) is 4. The molecule has 1 N–H and O–H groups in total. The third-order valence-electron chi connectivity index (χ3n) is 5.28. The molecule has 0 unspecified atom stereocenters. The van der Waals surface area contributed by atoms with Gasteiger partial charge in [0, 0.05) is 18.1 Å². The van der Waals surface area contributed by atoms with E-state index in [0.717, 1.165) is 24.4 Å². The number of benzene rings is 2. The fourth-order valence-corrected chi connectivity index (χ4v) is 4.40. The molecule has 0 saturated heterocycles. The van der Waals surface area contributed by atoms with Gasteiger partial charge in [0.15, 0.2) is 9.84 Å². The molecule has 2 aromatic carbocycles. The lowest BCUT2D eigenvalue weighted by molar-refractivity contribution is -0.316. The van der Waals surface area contributed by atoms with Gasteiger partial charge in [0.2, 0.25) is 5.91 Å². The fraction of sp³-hybridized carbons (Fsp3) is 0.273. The molecule has 188 valence electrons. The molecule has 0 aliphatic carbocycles. The van der Waals surface area contributed by atoms with Gasteiger partial charge >= 0.3 is 12.4 Å². The number of rotatable bonds is 7. The monoisotopic (exact) mass is 519 g/mol. The van der Waals surface area contributed by atoms with Crippen molar-refractivity contribution >= 4 is 21.4 Å². The van der Waals surface area contributed by atoms with Gasteiger partial charge in [-0.1, -0.05) is 31.2 Å². The third-order valence-corrected chi connectivity index (χ3v) is 7.03. The predicted molar refractivity (Wildman–Crippen MR) is 114 cm³/mol. The Morgan fingerprint density at radius 3 is 1.97 bits per heavy atom. The van der Waals surface area contributed by atoms with Crippen molar-refractivity contribution in [3.63, 3.8) is 0 Å². The number of carbonyl (C=O) groups excluding carboxylic acids is 1. The lowest BCUT2D eigenvalue weighted by Gasteiger charge is -2.37. The van der Waals surface area contributed by atoms with Crippen LogP contribution in [0.25, 0.3) is 0 Å². The van der Waals surface area contributed by atoms with E-state index < -0.39 is 39.2 Å².